The van der Waals surface area contributed by atoms with E-state index in [9.17, 15) is 4.39 Å². The first-order valence-electron chi connectivity index (χ1n) is 6.74. The molecule has 0 radical (unpaired) electrons. The maximum Gasteiger partial charge on any atom is 0.168 e. The fourth-order valence-electron chi connectivity index (χ4n) is 1.77. The van der Waals surface area contributed by atoms with Crippen LogP contribution in [0, 0.1) is 12.7 Å². The molecule has 0 saturated carbocycles. The molecular formula is C15H17BrFN3O. The zero-order valence-corrected chi connectivity index (χ0v) is 13.6. The third-order valence-electron chi connectivity index (χ3n) is 2.71. The van der Waals surface area contributed by atoms with Gasteiger partial charge in [0.25, 0.3) is 0 Å². The lowest BCUT2D eigenvalue weighted by Gasteiger charge is -2.10. The summed E-state index contributed by atoms with van der Waals surface area (Å²) in [5.74, 6) is 1.05. The van der Waals surface area contributed by atoms with Crippen molar-refractivity contribution in [1.29, 1.82) is 0 Å². The highest BCUT2D eigenvalue weighted by Crippen LogP contribution is 2.23. The fraction of sp³-hybridized carbons (Fsp3) is 0.333. The number of benzene rings is 1. The Balaban J connectivity index is 2.08. The number of ether oxygens (including phenoxy) is 1. The van der Waals surface area contributed by atoms with Gasteiger partial charge in [0.05, 0.1) is 0 Å². The first-order valence-corrected chi connectivity index (χ1v) is 7.54. The summed E-state index contributed by atoms with van der Waals surface area (Å²) in [6.07, 6.45) is 1.01. The van der Waals surface area contributed by atoms with Crippen LogP contribution in [0.4, 0.5) is 10.2 Å². The molecule has 2 rings (SSSR count). The molecule has 6 heteroatoms. The Labute approximate surface area is 131 Å². The third kappa shape index (κ3) is 4.67. The second kappa shape index (κ2) is 7.36. The molecule has 1 aromatic carbocycles. The van der Waals surface area contributed by atoms with Crippen LogP contribution in [0.25, 0.3) is 0 Å². The second-order valence-electron chi connectivity index (χ2n) is 4.60. The van der Waals surface area contributed by atoms with Crippen LogP contribution in [-0.2, 0) is 6.61 Å². The van der Waals surface area contributed by atoms with Gasteiger partial charge in [-0.1, -0.05) is 22.9 Å². The lowest BCUT2D eigenvalue weighted by Crippen LogP contribution is -2.08. The normalized spacial score (nSPS) is 10.5. The number of anilines is 1. The molecule has 0 unspecified atom stereocenters. The predicted molar refractivity (Wildman–Crippen MR) is 84.0 cm³/mol. The van der Waals surface area contributed by atoms with Gasteiger partial charge < -0.3 is 10.1 Å². The van der Waals surface area contributed by atoms with Crippen molar-refractivity contribution in [3.05, 3.63) is 46.1 Å². The minimum absolute atomic E-state index is 0.121. The van der Waals surface area contributed by atoms with Gasteiger partial charge >= 0.3 is 0 Å². The van der Waals surface area contributed by atoms with Crippen LogP contribution in [-0.4, -0.2) is 16.5 Å². The van der Waals surface area contributed by atoms with Crippen LogP contribution in [0.5, 0.6) is 5.75 Å². The molecule has 0 aliphatic rings. The van der Waals surface area contributed by atoms with E-state index in [1.54, 1.807) is 12.1 Å². The Kier molecular flexibility index (Phi) is 5.50. The largest absolute Gasteiger partial charge is 0.482 e. The first-order chi connectivity index (χ1) is 10.1. The zero-order valence-electron chi connectivity index (χ0n) is 12.0. The summed E-state index contributed by atoms with van der Waals surface area (Å²) in [4.78, 5) is 8.66. The van der Waals surface area contributed by atoms with Crippen molar-refractivity contribution >= 4 is 21.7 Å². The van der Waals surface area contributed by atoms with Crippen molar-refractivity contribution in [3.63, 3.8) is 0 Å². The quantitative estimate of drug-likeness (QED) is 0.849. The van der Waals surface area contributed by atoms with Gasteiger partial charge in [-0.2, -0.15) is 0 Å². The Morgan fingerprint density at radius 3 is 2.86 bits per heavy atom. The number of aromatic nitrogens is 2. The molecule has 1 heterocycles. The number of hydrogen-bond donors (Lipinski definition) is 1. The average molecular weight is 354 g/mol. The van der Waals surface area contributed by atoms with Gasteiger partial charge in [-0.3, -0.25) is 0 Å². The molecule has 0 atom stereocenters. The molecule has 4 nitrogen and oxygen atoms in total. The molecule has 0 fully saturated rings. The first kappa shape index (κ1) is 15.7. The van der Waals surface area contributed by atoms with Crippen molar-refractivity contribution in [2.24, 2.45) is 0 Å². The van der Waals surface area contributed by atoms with Crippen molar-refractivity contribution in [1.82, 2.24) is 9.97 Å². The summed E-state index contributed by atoms with van der Waals surface area (Å²) >= 11 is 3.29. The monoisotopic (exact) mass is 353 g/mol. The average Bonchev–Trinajstić information content (AvgIpc) is 2.45. The van der Waals surface area contributed by atoms with Crippen molar-refractivity contribution in [2.45, 2.75) is 26.9 Å². The van der Waals surface area contributed by atoms with Gasteiger partial charge in [0, 0.05) is 22.8 Å². The van der Waals surface area contributed by atoms with E-state index in [-0.39, 0.29) is 12.4 Å². The van der Waals surface area contributed by atoms with Gasteiger partial charge in [-0.15, -0.1) is 0 Å². The fourth-order valence-corrected chi connectivity index (χ4v) is 2.11. The van der Waals surface area contributed by atoms with E-state index in [1.807, 2.05) is 13.0 Å². The highest BCUT2D eigenvalue weighted by Gasteiger charge is 2.07. The highest BCUT2D eigenvalue weighted by atomic mass is 79.9. The molecule has 2 aromatic rings. The van der Waals surface area contributed by atoms with Gasteiger partial charge in [0.2, 0.25) is 0 Å². The zero-order chi connectivity index (χ0) is 15.2. The molecule has 0 amide bonds. The van der Waals surface area contributed by atoms with Gasteiger partial charge in [0.15, 0.2) is 17.4 Å². The van der Waals surface area contributed by atoms with Crippen molar-refractivity contribution < 1.29 is 9.13 Å². The summed E-state index contributed by atoms with van der Waals surface area (Å²) in [5.41, 5.74) is 0.844. The SMILES string of the molecule is CCCNc1cc(C)nc(COc2cc(Br)ccc2F)n1. The molecule has 1 N–H and O–H groups in total. The van der Waals surface area contributed by atoms with Crippen LogP contribution in [0.15, 0.2) is 28.7 Å². The Morgan fingerprint density at radius 1 is 1.29 bits per heavy atom. The summed E-state index contributed by atoms with van der Waals surface area (Å²) in [6.45, 7) is 4.94. The van der Waals surface area contributed by atoms with E-state index in [0.717, 1.165) is 29.0 Å². The van der Waals surface area contributed by atoms with Crippen LogP contribution in [0.2, 0.25) is 0 Å². The van der Waals surface area contributed by atoms with E-state index in [4.69, 9.17) is 4.74 Å². The molecule has 21 heavy (non-hydrogen) atoms. The standard InChI is InChI=1S/C15H17BrFN3O/c1-3-6-18-14-7-10(2)19-15(20-14)9-21-13-8-11(16)4-5-12(13)17/h4-5,7-8H,3,6,9H2,1-2H3,(H,18,19,20). The van der Waals surface area contributed by atoms with Crippen molar-refractivity contribution in [2.75, 3.05) is 11.9 Å². The van der Waals surface area contributed by atoms with Crippen molar-refractivity contribution in [3.8, 4) is 5.75 Å². The Bertz CT molecular complexity index is 622. The van der Waals surface area contributed by atoms with E-state index < -0.39 is 5.82 Å². The topological polar surface area (TPSA) is 47.0 Å². The summed E-state index contributed by atoms with van der Waals surface area (Å²) < 4.78 is 19.8. The lowest BCUT2D eigenvalue weighted by atomic mass is 10.3. The molecule has 0 spiro atoms. The number of nitrogens with zero attached hydrogens (tertiary/aromatic N) is 2. The molecule has 0 aliphatic heterocycles. The van der Waals surface area contributed by atoms with Crippen LogP contribution in [0.3, 0.4) is 0 Å². The summed E-state index contributed by atoms with van der Waals surface area (Å²) in [6, 6.07) is 6.43. The maximum atomic E-state index is 13.6. The number of nitrogens with one attached hydrogen (secondary N) is 1. The molecule has 1 aromatic heterocycles. The molecule has 0 saturated heterocycles. The van der Waals surface area contributed by atoms with Crippen LogP contribution < -0.4 is 10.1 Å². The smallest absolute Gasteiger partial charge is 0.168 e. The summed E-state index contributed by atoms with van der Waals surface area (Å²) in [5, 5.41) is 3.21. The minimum atomic E-state index is -0.407. The number of hydrogen-bond acceptors (Lipinski definition) is 4. The third-order valence-corrected chi connectivity index (χ3v) is 3.20. The van der Waals surface area contributed by atoms with Gasteiger partial charge in [-0.25, -0.2) is 14.4 Å². The van der Waals surface area contributed by atoms with Crippen LogP contribution in [0.1, 0.15) is 24.9 Å². The lowest BCUT2D eigenvalue weighted by molar-refractivity contribution is 0.280. The number of rotatable bonds is 6. The number of aryl methyl sites for hydroxylation is 1. The van der Waals surface area contributed by atoms with E-state index in [2.05, 4.69) is 38.1 Å². The highest BCUT2D eigenvalue weighted by molar-refractivity contribution is 9.10. The molecular weight excluding hydrogens is 337 g/mol. The van der Waals surface area contributed by atoms with E-state index in [1.165, 1.54) is 6.07 Å². The predicted octanol–water partition coefficient (Wildman–Crippen LogP) is 4.09. The minimum Gasteiger partial charge on any atom is -0.482 e. The maximum absolute atomic E-state index is 13.6. The summed E-state index contributed by atoms with van der Waals surface area (Å²) in [7, 11) is 0. The molecule has 112 valence electrons. The molecule has 0 aliphatic carbocycles. The van der Waals surface area contributed by atoms with E-state index in [0.29, 0.717) is 5.82 Å². The second-order valence-corrected chi connectivity index (χ2v) is 5.52. The number of halogens is 2. The Morgan fingerprint density at radius 2 is 2.10 bits per heavy atom. The van der Waals surface area contributed by atoms with Crippen LogP contribution >= 0.6 is 15.9 Å². The van der Waals surface area contributed by atoms with Gasteiger partial charge in [0.1, 0.15) is 12.4 Å². The Hall–Kier alpha value is -1.69. The van der Waals surface area contributed by atoms with Gasteiger partial charge in [-0.05, 0) is 31.5 Å². The van der Waals surface area contributed by atoms with E-state index >= 15 is 0 Å². The molecule has 0 bridgehead atoms.